The third-order valence-electron chi connectivity index (χ3n) is 3.77. The fourth-order valence-electron chi connectivity index (χ4n) is 2.47. The normalized spacial score (nSPS) is 10.6. The van der Waals surface area contributed by atoms with Crippen molar-refractivity contribution in [2.75, 3.05) is 0 Å². The molecule has 128 valence electrons. The Morgan fingerprint density at radius 3 is 2.72 bits per heavy atom. The Kier molecular flexibility index (Phi) is 4.34. The number of nitrogens with two attached hydrogens (primary N) is 1. The molecule has 0 aliphatic carbocycles. The zero-order valence-electron chi connectivity index (χ0n) is 13.4. The van der Waals surface area contributed by atoms with Gasteiger partial charge in [0.25, 0.3) is 5.91 Å². The minimum atomic E-state index is -0.605. The smallest absolute Gasteiger partial charge is 0.268 e. The molecule has 7 nitrogen and oxygen atoms in total. The molecule has 0 radical (unpaired) electrons. The molecule has 0 atom stereocenters. The van der Waals surface area contributed by atoms with Crippen molar-refractivity contribution in [1.82, 2.24) is 19.4 Å². The highest BCUT2D eigenvalue weighted by molar-refractivity contribution is 5.98. The highest BCUT2D eigenvalue weighted by atomic mass is 19.1. The number of hydrogen-bond acceptors (Lipinski definition) is 3. The molecule has 25 heavy (non-hydrogen) atoms. The van der Waals surface area contributed by atoms with Crippen molar-refractivity contribution in [2.24, 2.45) is 12.8 Å². The largest absolute Gasteiger partial charge is 0.366 e. The van der Waals surface area contributed by atoms with Crippen LogP contribution in [0.1, 0.15) is 26.4 Å². The van der Waals surface area contributed by atoms with Crippen LogP contribution < -0.4 is 11.1 Å². The van der Waals surface area contributed by atoms with Crippen LogP contribution in [-0.4, -0.2) is 25.9 Å². The SMILES string of the molecule is Cn1cc(C(N)=O)cc1C(=O)NCc1ccc(-n2ccnc2)c(F)c1. The summed E-state index contributed by atoms with van der Waals surface area (Å²) in [6.07, 6.45) is 6.20. The number of benzene rings is 1. The second kappa shape index (κ2) is 6.60. The average molecular weight is 341 g/mol. The lowest BCUT2D eigenvalue weighted by Gasteiger charge is -2.09. The molecule has 0 saturated carbocycles. The first-order valence-electron chi connectivity index (χ1n) is 7.47. The molecule has 3 N–H and O–H groups in total. The minimum absolute atomic E-state index is 0.150. The number of aromatic nitrogens is 3. The molecule has 2 aromatic heterocycles. The fourth-order valence-corrected chi connectivity index (χ4v) is 2.47. The summed E-state index contributed by atoms with van der Waals surface area (Å²) < 4.78 is 17.3. The van der Waals surface area contributed by atoms with E-state index in [-0.39, 0.29) is 18.0 Å². The van der Waals surface area contributed by atoms with Crippen molar-refractivity contribution in [1.29, 1.82) is 0 Å². The molecule has 3 aromatic rings. The van der Waals surface area contributed by atoms with E-state index in [1.54, 1.807) is 36.1 Å². The van der Waals surface area contributed by atoms with Crippen molar-refractivity contribution < 1.29 is 14.0 Å². The molecule has 0 fully saturated rings. The molecule has 3 rings (SSSR count). The number of rotatable bonds is 5. The fraction of sp³-hybridized carbons (Fsp3) is 0.118. The molecule has 8 heteroatoms. The average Bonchev–Trinajstić information content (AvgIpc) is 3.22. The summed E-state index contributed by atoms with van der Waals surface area (Å²) in [5.41, 5.74) is 6.74. The number of nitrogens with one attached hydrogen (secondary N) is 1. The predicted octanol–water partition coefficient (Wildman–Crippen LogP) is 1.38. The van der Waals surface area contributed by atoms with Gasteiger partial charge in [-0.25, -0.2) is 9.37 Å². The van der Waals surface area contributed by atoms with Crippen LogP contribution in [0.4, 0.5) is 4.39 Å². The topological polar surface area (TPSA) is 94.9 Å². The number of carbonyl (C=O) groups is 2. The predicted molar refractivity (Wildman–Crippen MR) is 88.6 cm³/mol. The van der Waals surface area contributed by atoms with Crippen LogP contribution in [0, 0.1) is 5.82 Å². The Labute approximate surface area is 142 Å². The lowest BCUT2D eigenvalue weighted by molar-refractivity contribution is 0.0942. The van der Waals surface area contributed by atoms with Gasteiger partial charge in [-0.2, -0.15) is 0 Å². The van der Waals surface area contributed by atoms with Crippen LogP contribution >= 0.6 is 0 Å². The van der Waals surface area contributed by atoms with Crippen molar-refractivity contribution in [2.45, 2.75) is 6.54 Å². The quantitative estimate of drug-likeness (QED) is 0.734. The van der Waals surface area contributed by atoms with E-state index in [1.807, 2.05) is 0 Å². The number of carbonyl (C=O) groups excluding carboxylic acids is 2. The highest BCUT2D eigenvalue weighted by Gasteiger charge is 2.14. The van der Waals surface area contributed by atoms with Crippen LogP contribution in [0.25, 0.3) is 5.69 Å². The van der Waals surface area contributed by atoms with Crippen LogP contribution in [0.15, 0.2) is 49.2 Å². The summed E-state index contributed by atoms with van der Waals surface area (Å²) in [5.74, 6) is -1.40. The van der Waals surface area contributed by atoms with Crippen LogP contribution in [0.5, 0.6) is 0 Å². The van der Waals surface area contributed by atoms with Gasteiger partial charge in [-0.1, -0.05) is 6.07 Å². The summed E-state index contributed by atoms with van der Waals surface area (Å²) in [6, 6.07) is 6.11. The highest BCUT2D eigenvalue weighted by Crippen LogP contribution is 2.15. The van der Waals surface area contributed by atoms with Gasteiger partial charge in [0.1, 0.15) is 11.5 Å². The second-order valence-corrected chi connectivity index (χ2v) is 5.53. The molecule has 0 aliphatic rings. The molecule has 2 amide bonds. The summed E-state index contributed by atoms with van der Waals surface area (Å²) in [6.45, 7) is 0.150. The molecule has 0 bridgehead atoms. The second-order valence-electron chi connectivity index (χ2n) is 5.53. The van der Waals surface area contributed by atoms with Gasteiger partial charge in [0.05, 0.1) is 17.6 Å². The number of nitrogens with zero attached hydrogens (tertiary/aromatic N) is 3. The van der Waals surface area contributed by atoms with Crippen molar-refractivity contribution in [3.8, 4) is 5.69 Å². The van der Waals surface area contributed by atoms with Crippen molar-refractivity contribution >= 4 is 11.8 Å². The first-order chi connectivity index (χ1) is 12.0. The van der Waals surface area contributed by atoms with E-state index >= 15 is 0 Å². The van der Waals surface area contributed by atoms with Crippen molar-refractivity contribution in [3.63, 3.8) is 0 Å². The van der Waals surface area contributed by atoms with E-state index in [0.717, 1.165) is 0 Å². The van der Waals surface area contributed by atoms with E-state index in [0.29, 0.717) is 16.9 Å². The third-order valence-corrected chi connectivity index (χ3v) is 3.77. The van der Waals surface area contributed by atoms with Gasteiger partial charge in [-0.05, 0) is 23.8 Å². The Hall–Kier alpha value is -3.42. The first-order valence-corrected chi connectivity index (χ1v) is 7.47. The number of hydrogen-bond donors (Lipinski definition) is 2. The molecule has 0 spiro atoms. The summed E-state index contributed by atoms with van der Waals surface area (Å²) >= 11 is 0. The third kappa shape index (κ3) is 3.42. The summed E-state index contributed by atoms with van der Waals surface area (Å²) in [4.78, 5) is 27.3. The molecular weight excluding hydrogens is 325 g/mol. The van der Waals surface area contributed by atoms with Crippen LogP contribution in [-0.2, 0) is 13.6 Å². The zero-order valence-corrected chi connectivity index (χ0v) is 13.4. The van der Waals surface area contributed by atoms with Gasteiger partial charge >= 0.3 is 0 Å². The van der Waals surface area contributed by atoms with Gasteiger partial charge in [-0.3, -0.25) is 9.59 Å². The summed E-state index contributed by atoms with van der Waals surface area (Å²) in [5, 5.41) is 2.69. The maximum atomic E-state index is 14.2. The zero-order chi connectivity index (χ0) is 18.0. The van der Waals surface area contributed by atoms with E-state index in [2.05, 4.69) is 10.3 Å². The first kappa shape index (κ1) is 16.4. The molecule has 0 saturated heterocycles. The molecule has 1 aromatic carbocycles. The number of halogens is 1. The van der Waals surface area contributed by atoms with E-state index in [4.69, 9.17) is 5.73 Å². The maximum Gasteiger partial charge on any atom is 0.268 e. The standard InChI is InChI=1S/C17H16FN5O2/c1-22-9-12(16(19)24)7-15(22)17(25)21-8-11-2-3-14(13(18)6-11)23-5-4-20-10-23/h2-7,9-10H,8H2,1H3,(H2,19,24)(H,21,25). The van der Waals surface area contributed by atoms with Gasteiger partial charge in [-0.15, -0.1) is 0 Å². The molecule has 2 heterocycles. The van der Waals surface area contributed by atoms with Gasteiger partial charge in [0, 0.05) is 32.2 Å². The Morgan fingerprint density at radius 1 is 1.32 bits per heavy atom. The number of amides is 2. The minimum Gasteiger partial charge on any atom is -0.366 e. The van der Waals surface area contributed by atoms with Crippen molar-refractivity contribution in [3.05, 3.63) is 71.8 Å². The van der Waals surface area contributed by atoms with E-state index in [1.165, 1.54) is 29.2 Å². The van der Waals surface area contributed by atoms with Gasteiger partial charge in [0.15, 0.2) is 0 Å². The van der Waals surface area contributed by atoms with E-state index < -0.39 is 11.7 Å². The Morgan fingerprint density at radius 2 is 2.12 bits per heavy atom. The molecule has 0 unspecified atom stereocenters. The van der Waals surface area contributed by atoms with E-state index in [9.17, 15) is 14.0 Å². The monoisotopic (exact) mass is 341 g/mol. The molecular formula is C17H16FN5O2. The van der Waals surface area contributed by atoms with Crippen LogP contribution in [0.2, 0.25) is 0 Å². The number of primary amides is 1. The number of aryl methyl sites for hydroxylation is 1. The Bertz CT molecular complexity index is 931. The summed E-state index contributed by atoms with van der Waals surface area (Å²) in [7, 11) is 1.64. The molecule has 0 aliphatic heterocycles. The lowest BCUT2D eigenvalue weighted by Crippen LogP contribution is -2.24. The van der Waals surface area contributed by atoms with Gasteiger partial charge < -0.3 is 20.2 Å². The lowest BCUT2D eigenvalue weighted by atomic mass is 10.2. The maximum absolute atomic E-state index is 14.2. The Balaban J connectivity index is 1.70. The van der Waals surface area contributed by atoms with Crippen LogP contribution in [0.3, 0.4) is 0 Å². The van der Waals surface area contributed by atoms with Gasteiger partial charge in [0.2, 0.25) is 5.91 Å². The number of imidazole rings is 1.